The zero-order chi connectivity index (χ0) is 15.9. The maximum absolute atomic E-state index is 11.9. The van der Waals surface area contributed by atoms with Gasteiger partial charge < -0.3 is 9.42 Å². The van der Waals surface area contributed by atoms with Crippen LogP contribution in [0.1, 0.15) is 24.5 Å². The van der Waals surface area contributed by atoms with Gasteiger partial charge >= 0.3 is 0 Å². The smallest absolute Gasteiger partial charge is 0.245 e. The topological polar surface area (TPSA) is 101 Å². The zero-order valence-corrected chi connectivity index (χ0v) is 13.2. The van der Waals surface area contributed by atoms with Crippen molar-refractivity contribution in [2.45, 2.75) is 23.7 Å². The summed E-state index contributed by atoms with van der Waals surface area (Å²) >= 11 is 0. The molecular weight excluding hydrogens is 318 g/mol. The molecule has 0 spiro atoms. The predicted octanol–water partition coefficient (Wildman–Crippen LogP) is 0.757. The first-order valence-electron chi connectivity index (χ1n) is 7.59. The molecular formula is C14H17N5O3S. The van der Waals surface area contributed by atoms with Crippen LogP contribution >= 0.6 is 0 Å². The molecule has 2 aliphatic rings. The highest BCUT2D eigenvalue weighted by Crippen LogP contribution is 2.38. The number of nitrogens with one attached hydrogen (secondary N) is 1. The molecule has 3 heterocycles. The number of rotatable bonds is 6. The van der Waals surface area contributed by atoms with Crippen LogP contribution < -0.4 is 9.62 Å². The average Bonchev–Trinajstić information content (AvgIpc) is 3.19. The van der Waals surface area contributed by atoms with E-state index in [4.69, 9.17) is 0 Å². The molecule has 23 heavy (non-hydrogen) atoms. The number of nitrogens with zero attached hydrogens (tertiary/aromatic N) is 4. The van der Waals surface area contributed by atoms with E-state index in [1.54, 1.807) is 0 Å². The SMILES string of the molecule is O=S(=O)(NCC1CN(c2ccc(C3CC3)nn2)C1)c1cnoc1. The Hall–Kier alpha value is -2.00. The van der Waals surface area contributed by atoms with Gasteiger partial charge in [0.05, 0.1) is 11.9 Å². The quantitative estimate of drug-likeness (QED) is 0.831. The van der Waals surface area contributed by atoms with E-state index in [2.05, 4.69) is 29.5 Å². The summed E-state index contributed by atoms with van der Waals surface area (Å²) < 4.78 is 31.0. The third kappa shape index (κ3) is 3.06. The maximum Gasteiger partial charge on any atom is 0.245 e. The standard InChI is InChI=1S/C14H17N5O3S/c20-23(21,12-6-15-22-9-12)16-5-10-7-19(8-10)14-4-3-13(17-18-14)11-1-2-11/h3-4,6,9-11,16H,1-2,5,7-8H2. The van der Waals surface area contributed by atoms with Crippen LogP contribution in [0.2, 0.25) is 0 Å². The summed E-state index contributed by atoms with van der Waals surface area (Å²) in [7, 11) is -3.53. The van der Waals surface area contributed by atoms with Crippen LogP contribution in [0.5, 0.6) is 0 Å². The Bertz CT molecular complexity index is 765. The molecule has 122 valence electrons. The van der Waals surface area contributed by atoms with Crippen LogP contribution in [0, 0.1) is 5.92 Å². The fourth-order valence-electron chi connectivity index (χ4n) is 2.63. The van der Waals surface area contributed by atoms with E-state index in [9.17, 15) is 8.42 Å². The molecule has 2 aromatic rings. The lowest BCUT2D eigenvalue weighted by molar-refractivity contribution is 0.401. The summed E-state index contributed by atoms with van der Waals surface area (Å²) in [6.07, 6.45) is 4.73. The van der Waals surface area contributed by atoms with Crippen LogP contribution in [-0.2, 0) is 10.0 Å². The number of sulfonamides is 1. The van der Waals surface area contributed by atoms with E-state index in [-0.39, 0.29) is 10.8 Å². The molecule has 0 unspecified atom stereocenters. The molecule has 0 bridgehead atoms. The summed E-state index contributed by atoms with van der Waals surface area (Å²) in [5, 5.41) is 11.9. The van der Waals surface area contributed by atoms with E-state index in [1.807, 2.05) is 12.1 Å². The Morgan fingerprint density at radius 3 is 2.70 bits per heavy atom. The molecule has 0 amide bonds. The highest BCUT2D eigenvalue weighted by molar-refractivity contribution is 7.89. The third-order valence-corrected chi connectivity index (χ3v) is 5.60. The predicted molar refractivity (Wildman–Crippen MR) is 81.4 cm³/mol. The van der Waals surface area contributed by atoms with Gasteiger partial charge in [0.15, 0.2) is 5.82 Å². The van der Waals surface area contributed by atoms with Crippen LogP contribution in [0.4, 0.5) is 5.82 Å². The van der Waals surface area contributed by atoms with E-state index in [0.717, 1.165) is 30.9 Å². The molecule has 1 saturated carbocycles. The first kappa shape index (κ1) is 14.6. The summed E-state index contributed by atoms with van der Waals surface area (Å²) in [5.74, 6) is 1.72. The second kappa shape index (κ2) is 5.57. The molecule has 0 radical (unpaired) electrons. The number of anilines is 1. The van der Waals surface area contributed by atoms with Crippen molar-refractivity contribution in [3.63, 3.8) is 0 Å². The van der Waals surface area contributed by atoms with Crippen molar-refractivity contribution >= 4 is 15.8 Å². The van der Waals surface area contributed by atoms with Crippen LogP contribution in [0.25, 0.3) is 0 Å². The van der Waals surface area contributed by atoms with Gasteiger partial charge in [-0.15, -0.1) is 5.10 Å². The fourth-order valence-corrected chi connectivity index (χ4v) is 3.60. The largest absolute Gasteiger partial charge is 0.363 e. The average molecular weight is 335 g/mol. The van der Waals surface area contributed by atoms with Gasteiger partial charge in [0.25, 0.3) is 0 Å². The number of hydrogen-bond donors (Lipinski definition) is 1. The van der Waals surface area contributed by atoms with Crippen LogP contribution in [-0.4, -0.2) is 43.4 Å². The van der Waals surface area contributed by atoms with Crippen molar-refractivity contribution in [3.8, 4) is 0 Å². The molecule has 8 nitrogen and oxygen atoms in total. The Labute approximate surface area is 133 Å². The molecule has 1 N–H and O–H groups in total. The lowest BCUT2D eigenvalue weighted by Gasteiger charge is -2.39. The molecule has 2 fully saturated rings. The summed E-state index contributed by atoms with van der Waals surface area (Å²) in [5.41, 5.74) is 1.08. The first-order chi connectivity index (χ1) is 11.1. The second-order valence-electron chi connectivity index (χ2n) is 6.07. The molecule has 9 heteroatoms. The van der Waals surface area contributed by atoms with Crippen molar-refractivity contribution < 1.29 is 12.9 Å². The highest BCUT2D eigenvalue weighted by Gasteiger charge is 2.30. The number of aromatic nitrogens is 3. The van der Waals surface area contributed by atoms with Gasteiger partial charge in [0.1, 0.15) is 11.2 Å². The van der Waals surface area contributed by atoms with Gasteiger partial charge in [-0.25, -0.2) is 13.1 Å². The molecule has 0 atom stereocenters. The minimum absolute atomic E-state index is 0.0511. The van der Waals surface area contributed by atoms with Gasteiger partial charge in [0, 0.05) is 31.5 Å². The molecule has 2 aromatic heterocycles. The Balaban J connectivity index is 1.28. The lowest BCUT2D eigenvalue weighted by Crippen LogP contribution is -2.51. The van der Waals surface area contributed by atoms with Gasteiger partial charge in [-0.05, 0) is 25.0 Å². The van der Waals surface area contributed by atoms with Crippen LogP contribution in [0.3, 0.4) is 0 Å². The Morgan fingerprint density at radius 2 is 2.09 bits per heavy atom. The van der Waals surface area contributed by atoms with Crippen molar-refractivity contribution in [1.29, 1.82) is 0 Å². The van der Waals surface area contributed by atoms with E-state index >= 15 is 0 Å². The minimum atomic E-state index is -3.53. The first-order valence-corrected chi connectivity index (χ1v) is 9.08. The highest BCUT2D eigenvalue weighted by atomic mass is 32.2. The maximum atomic E-state index is 11.9. The monoisotopic (exact) mass is 335 g/mol. The van der Waals surface area contributed by atoms with Gasteiger partial charge in [-0.3, -0.25) is 0 Å². The van der Waals surface area contributed by atoms with Crippen molar-refractivity contribution in [2.75, 3.05) is 24.5 Å². The number of hydrogen-bond acceptors (Lipinski definition) is 7. The molecule has 0 aromatic carbocycles. The molecule has 1 saturated heterocycles. The van der Waals surface area contributed by atoms with Crippen molar-refractivity contribution in [1.82, 2.24) is 20.1 Å². The molecule has 1 aliphatic heterocycles. The second-order valence-corrected chi connectivity index (χ2v) is 7.84. The Kier molecular flexibility index (Phi) is 3.53. The normalized spacial score (nSPS) is 18.9. The lowest BCUT2D eigenvalue weighted by atomic mass is 10.0. The van der Waals surface area contributed by atoms with E-state index in [1.165, 1.54) is 19.0 Å². The minimum Gasteiger partial charge on any atom is -0.363 e. The third-order valence-electron chi connectivity index (χ3n) is 4.23. The summed E-state index contributed by atoms with van der Waals surface area (Å²) in [6, 6.07) is 4.04. The van der Waals surface area contributed by atoms with Crippen molar-refractivity contribution in [3.05, 3.63) is 30.3 Å². The summed E-state index contributed by atoms with van der Waals surface area (Å²) in [4.78, 5) is 2.15. The van der Waals surface area contributed by atoms with Crippen LogP contribution in [0.15, 0.2) is 34.0 Å². The van der Waals surface area contributed by atoms with Gasteiger partial charge in [-0.1, -0.05) is 5.16 Å². The molecule has 4 rings (SSSR count). The summed E-state index contributed by atoms with van der Waals surface area (Å²) in [6.45, 7) is 1.92. The van der Waals surface area contributed by atoms with E-state index in [0.29, 0.717) is 12.5 Å². The van der Waals surface area contributed by atoms with Gasteiger partial charge in [-0.2, -0.15) is 5.10 Å². The molecule has 1 aliphatic carbocycles. The zero-order valence-electron chi connectivity index (χ0n) is 12.4. The van der Waals surface area contributed by atoms with Gasteiger partial charge in [0.2, 0.25) is 10.0 Å². The van der Waals surface area contributed by atoms with Crippen molar-refractivity contribution in [2.24, 2.45) is 5.92 Å². The Morgan fingerprint density at radius 1 is 1.26 bits per heavy atom. The fraction of sp³-hybridized carbons (Fsp3) is 0.500. The van der Waals surface area contributed by atoms with E-state index < -0.39 is 10.0 Å².